The Bertz CT molecular complexity index is 382. The molecule has 3 rings (SSSR count). The fourth-order valence-corrected chi connectivity index (χ4v) is 2.99. The fourth-order valence-electron chi connectivity index (χ4n) is 2.68. The van der Waals surface area contributed by atoms with Crippen molar-refractivity contribution in [3.05, 3.63) is 11.5 Å². The molecule has 0 amide bonds. The van der Waals surface area contributed by atoms with E-state index in [1.165, 1.54) is 0 Å². The third-order valence-electron chi connectivity index (χ3n) is 3.74. The number of nitrogens with two attached hydrogens (primary N) is 1. The van der Waals surface area contributed by atoms with E-state index in [0.29, 0.717) is 18.6 Å². The summed E-state index contributed by atoms with van der Waals surface area (Å²) in [6.07, 6.45) is 3.65. The first-order valence-corrected chi connectivity index (χ1v) is 6.95. The molecule has 0 bridgehead atoms. The lowest BCUT2D eigenvalue weighted by Crippen LogP contribution is -2.45. The molecule has 8 heteroatoms. The molecule has 1 fully saturated rings. The Morgan fingerprint density at radius 2 is 2.44 bits per heavy atom. The quantitative estimate of drug-likeness (QED) is 0.502. The van der Waals surface area contributed by atoms with Crippen LogP contribution in [0.5, 0.6) is 0 Å². The van der Waals surface area contributed by atoms with Crippen molar-refractivity contribution in [1.29, 1.82) is 0 Å². The van der Waals surface area contributed by atoms with E-state index < -0.39 is 9.03 Å². The van der Waals surface area contributed by atoms with Gasteiger partial charge in [-0.25, -0.2) is 4.99 Å². The Labute approximate surface area is 107 Å². The summed E-state index contributed by atoms with van der Waals surface area (Å²) in [5.74, 6) is 1.52. The first-order valence-electron chi connectivity index (χ1n) is 6.09. The maximum atomic E-state index is 8.63. The number of nitrogens with zero attached hydrogens (tertiary/aromatic N) is 2. The van der Waals surface area contributed by atoms with Gasteiger partial charge in [-0.05, 0) is 18.8 Å². The van der Waals surface area contributed by atoms with Crippen LogP contribution in [-0.2, 0) is 4.52 Å². The van der Waals surface area contributed by atoms with E-state index in [4.69, 9.17) is 15.2 Å². The molecule has 1 aliphatic carbocycles. The van der Waals surface area contributed by atoms with Crippen LogP contribution in [0.1, 0.15) is 12.8 Å². The number of hydrogen-bond acceptors (Lipinski definition) is 7. The average Bonchev–Trinajstić information content (AvgIpc) is 2.73. The van der Waals surface area contributed by atoms with Crippen molar-refractivity contribution < 1.29 is 9.42 Å². The molecule has 2 unspecified atom stereocenters. The Morgan fingerprint density at radius 1 is 1.61 bits per heavy atom. The smallest absolute Gasteiger partial charge is 0.154 e. The minimum absolute atomic E-state index is 0.183. The van der Waals surface area contributed by atoms with Crippen LogP contribution in [0, 0.1) is 5.92 Å². The summed E-state index contributed by atoms with van der Waals surface area (Å²) in [5, 5.41) is 6.28. The molecule has 0 aromatic heterocycles. The molecule has 2 atom stereocenters. The minimum Gasteiger partial charge on any atom is -0.365 e. The maximum Gasteiger partial charge on any atom is 0.154 e. The number of nitrogens with one attached hydrogen (secondary N) is 2. The molecule has 0 spiro atoms. The highest BCUT2D eigenvalue weighted by atomic mass is 31.1. The molecular weight excluding hydrogens is 253 g/mol. The van der Waals surface area contributed by atoms with Crippen LogP contribution >= 0.6 is 9.03 Å². The fraction of sp³-hybridized carbons (Fsp3) is 0.700. The van der Waals surface area contributed by atoms with E-state index in [0.717, 1.165) is 31.0 Å². The molecule has 0 aromatic rings. The van der Waals surface area contributed by atoms with Crippen LogP contribution in [0.2, 0.25) is 0 Å². The van der Waals surface area contributed by atoms with Gasteiger partial charge in [0, 0.05) is 6.04 Å². The Hall–Kier alpha value is -0.880. The van der Waals surface area contributed by atoms with Crippen LogP contribution < -0.4 is 16.4 Å². The molecule has 100 valence electrons. The first kappa shape index (κ1) is 12.2. The highest BCUT2D eigenvalue weighted by Gasteiger charge is 2.39. The van der Waals surface area contributed by atoms with E-state index in [1.54, 1.807) is 6.34 Å². The van der Waals surface area contributed by atoms with Crippen molar-refractivity contribution in [2.24, 2.45) is 16.6 Å². The van der Waals surface area contributed by atoms with Gasteiger partial charge in [0.05, 0.1) is 25.3 Å². The standard InChI is InChI=1S/C10H18N5O2P/c11-9-8-10(13-4-12-9)15(5-14-8)7-1-6(2-7)3-17-18-16/h4,6-7,9,14,16,18H,1-3,5,11H2,(H,12,13)/t6-,7+,9?. The highest BCUT2D eigenvalue weighted by molar-refractivity contribution is 7.24. The Kier molecular flexibility index (Phi) is 3.39. The Morgan fingerprint density at radius 3 is 3.22 bits per heavy atom. The van der Waals surface area contributed by atoms with Gasteiger partial charge < -0.3 is 30.7 Å². The van der Waals surface area contributed by atoms with E-state index in [9.17, 15) is 0 Å². The Balaban J connectivity index is 1.58. The van der Waals surface area contributed by atoms with Crippen LogP contribution in [-0.4, -0.2) is 41.6 Å². The predicted octanol–water partition coefficient (Wildman–Crippen LogP) is -0.769. The van der Waals surface area contributed by atoms with Gasteiger partial charge in [-0.2, -0.15) is 0 Å². The molecule has 0 aromatic carbocycles. The number of hydrogen-bond donors (Lipinski definition) is 4. The van der Waals surface area contributed by atoms with Crippen molar-refractivity contribution in [2.75, 3.05) is 13.3 Å². The van der Waals surface area contributed by atoms with E-state index in [2.05, 4.69) is 20.5 Å². The van der Waals surface area contributed by atoms with Crippen molar-refractivity contribution in [1.82, 2.24) is 15.5 Å². The number of aliphatic imine (C=N–C) groups is 1. The second-order valence-electron chi connectivity index (χ2n) is 4.84. The zero-order chi connectivity index (χ0) is 12.5. The van der Waals surface area contributed by atoms with Crippen LogP contribution in [0.3, 0.4) is 0 Å². The third-order valence-corrected chi connectivity index (χ3v) is 4.04. The average molecular weight is 271 g/mol. The van der Waals surface area contributed by atoms with Gasteiger partial charge in [-0.3, -0.25) is 0 Å². The molecular formula is C10H18N5O2P. The summed E-state index contributed by atoms with van der Waals surface area (Å²) >= 11 is 0. The third kappa shape index (κ3) is 2.07. The van der Waals surface area contributed by atoms with Gasteiger partial charge in [0.15, 0.2) is 14.9 Å². The van der Waals surface area contributed by atoms with Crippen molar-refractivity contribution in [2.45, 2.75) is 25.0 Å². The molecule has 7 nitrogen and oxygen atoms in total. The normalized spacial score (nSPS) is 34.6. The lowest BCUT2D eigenvalue weighted by atomic mass is 9.80. The van der Waals surface area contributed by atoms with Gasteiger partial charge in [0.1, 0.15) is 6.17 Å². The van der Waals surface area contributed by atoms with Crippen LogP contribution in [0.4, 0.5) is 0 Å². The molecule has 1 saturated carbocycles. The van der Waals surface area contributed by atoms with E-state index in [-0.39, 0.29) is 6.17 Å². The monoisotopic (exact) mass is 271 g/mol. The second-order valence-corrected chi connectivity index (χ2v) is 5.31. The summed E-state index contributed by atoms with van der Waals surface area (Å²) in [6, 6.07) is 0.503. The van der Waals surface area contributed by atoms with E-state index >= 15 is 0 Å². The molecule has 2 aliphatic heterocycles. The minimum atomic E-state index is -0.400. The largest absolute Gasteiger partial charge is 0.365 e. The summed E-state index contributed by atoms with van der Waals surface area (Å²) in [5.41, 5.74) is 6.92. The SMILES string of the molecule is NC1NC=NC2=C1NCN2[C@H]1C[C@@H](COPO)C1. The lowest BCUT2D eigenvalue weighted by molar-refractivity contribution is 0.0784. The van der Waals surface area contributed by atoms with Gasteiger partial charge in [0.2, 0.25) is 0 Å². The lowest BCUT2D eigenvalue weighted by Gasteiger charge is -2.41. The summed E-state index contributed by atoms with van der Waals surface area (Å²) < 4.78 is 5.05. The first-order chi connectivity index (χ1) is 8.79. The van der Waals surface area contributed by atoms with E-state index in [1.807, 2.05) is 0 Å². The van der Waals surface area contributed by atoms with Crippen molar-refractivity contribution in [3.8, 4) is 0 Å². The van der Waals surface area contributed by atoms with Gasteiger partial charge in [-0.1, -0.05) is 0 Å². The van der Waals surface area contributed by atoms with Crippen LogP contribution in [0.15, 0.2) is 16.5 Å². The van der Waals surface area contributed by atoms with Gasteiger partial charge in [-0.15, -0.1) is 0 Å². The zero-order valence-corrected chi connectivity index (χ0v) is 11.0. The summed E-state index contributed by atoms with van der Waals surface area (Å²) in [4.78, 5) is 15.3. The summed E-state index contributed by atoms with van der Waals surface area (Å²) in [7, 11) is -0.400. The second kappa shape index (κ2) is 5.01. The molecule has 18 heavy (non-hydrogen) atoms. The molecule has 0 saturated heterocycles. The van der Waals surface area contributed by atoms with Gasteiger partial charge in [0.25, 0.3) is 0 Å². The maximum absolute atomic E-state index is 8.63. The van der Waals surface area contributed by atoms with Crippen molar-refractivity contribution in [3.63, 3.8) is 0 Å². The molecule has 3 aliphatic rings. The van der Waals surface area contributed by atoms with Gasteiger partial charge >= 0.3 is 0 Å². The molecule has 5 N–H and O–H groups in total. The summed E-state index contributed by atoms with van der Waals surface area (Å²) in [6.45, 7) is 1.43. The zero-order valence-electron chi connectivity index (χ0n) is 9.97. The molecule has 0 radical (unpaired) electrons. The van der Waals surface area contributed by atoms with Crippen molar-refractivity contribution >= 4 is 15.4 Å². The molecule has 2 heterocycles. The highest BCUT2D eigenvalue weighted by Crippen LogP contribution is 2.37. The topological polar surface area (TPSA) is 95.1 Å². The number of rotatable bonds is 4. The predicted molar refractivity (Wildman–Crippen MR) is 69.5 cm³/mol. The van der Waals surface area contributed by atoms with Crippen LogP contribution in [0.25, 0.3) is 0 Å².